The fraction of sp³-hybridized carbons (Fsp3) is 0.240. The number of fused-ring (bicyclic) bond motifs is 1. The SMILES string of the molecule is COc1cc(CNCc2ccc(F)cc2)ccc1OCc1ccc2c(c1)n(C)c(=O)n2C. The highest BCUT2D eigenvalue weighted by Crippen LogP contribution is 2.29. The summed E-state index contributed by atoms with van der Waals surface area (Å²) in [6.45, 7) is 1.65. The second-order valence-corrected chi connectivity index (χ2v) is 7.73. The molecule has 1 N–H and O–H groups in total. The first-order valence-electron chi connectivity index (χ1n) is 10.4. The van der Waals surface area contributed by atoms with Crippen molar-refractivity contribution in [2.24, 2.45) is 14.1 Å². The van der Waals surface area contributed by atoms with Crippen LogP contribution in [0.1, 0.15) is 16.7 Å². The number of benzene rings is 3. The van der Waals surface area contributed by atoms with E-state index >= 15 is 0 Å². The average molecular weight is 435 g/mol. The van der Waals surface area contributed by atoms with Crippen LogP contribution < -0.4 is 20.5 Å². The quantitative estimate of drug-likeness (QED) is 0.456. The Kier molecular flexibility index (Phi) is 6.28. The fourth-order valence-corrected chi connectivity index (χ4v) is 3.70. The maximum Gasteiger partial charge on any atom is 0.328 e. The van der Waals surface area contributed by atoms with Crippen molar-refractivity contribution in [3.05, 3.63) is 93.7 Å². The Morgan fingerprint density at radius 1 is 0.812 bits per heavy atom. The number of aryl methyl sites for hydroxylation is 2. The monoisotopic (exact) mass is 435 g/mol. The zero-order valence-electron chi connectivity index (χ0n) is 18.4. The van der Waals surface area contributed by atoms with E-state index < -0.39 is 0 Å². The van der Waals surface area contributed by atoms with E-state index in [-0.39, 0.29) is 11.5 Å². The Balaban J connectivity index is 1.40. The number of rotatable bonds is 8. The summed E-state index contributed by atoms with van der Waals surface area (Å²) in [4.78, 5) is 12.1. The van der Waals surface area contributed by atoms with Crippen molar-refractivity contribution in [2.75, 3.05) is 7.11 Å². The van der Waals surface area contributed by atoms with Gasteiger partial charge in [0.05, 0.1) is 18.1 Å². The van der Waals surface area contributed by atoms with E-state index in [0.717, 1.165) is 27.7 Å². The maximum absolute atomic E-state index is 13.0. The van der Waals surface area contributed by atoms with Gasteiger partial charge in [0.2, 0.25) is 0 Å². The molecule has 0 radical (unpaired) electrons. The van der Waals surface area contributed by atoms with Gasteiger partial charge in [-0.15, -0.1) is 0 Å². The topological polar surface area (TPSA) is 57.4 Å². The molecule has 32 heavy (non-hydrogen) atoms. The number of halogens is 1. The lowest BCUT2D eigenvalue weighted by molar-refractivity contribution is 0.284. The molecule has 0 aliphatic carbocycles. The molecule has 166 valence electrons. The third-order valence-electron chi connectivity index (χ3n) is 5.53. The smallest absolute Gasteiger partial charge is 0.328 e. The molecule has 4 rings (SSSR count). The summed E-state index contributed by atoms with van der Waals surface area (Å²) < 4.78 is 27.8. The van der Waals surface area contributed by atoms with Crippen LogP contribution in [0.4, 0.5) is 4.39 Å². The number of methoxy groups -OCH3 is 1. The van der Waals surface area contributed by atoms with E-state index in [0.29, 0.717) is 31.2 Å². The number of imidazole rings is 1. The Labute approximate surface area is 185 Å². The van der Waals surface area contributed by atoms with E-state index in [2.05, 4.69) is 5.32 Å². The molecule has 0 unspecified atom stereocenters. The van der Waals surface area contributed by atoms with Gasteiger partial charge >= 0.3 is 5.69 Å². The molecule has 0 atom stereocenters. The molecule has 6 nitrogen and oxygen atoms in total. The molecule has 0 fully saturated rings. The third kappa shape index (κ3) is 4.53. The molecule has 4 aromatic rings. The molecule has 0 amide bonds. The zero-order valence-corrected chi connectivity index (χ0v) is 18.4. The minimum atomic E-state index is -0.234. The van der Waals surface area contributed by atoms with Gasteiger partial charge in [-0.1, -0.05) is 24.3 Å². The van der Waals surface area contributed by atoms with Crippen LogP contribution in [-0.4, -0.2) is 16.2 Å². The summed E-state index contributed by atoms with van der Waals surface area (Å²) in [6.07, 6.45) is 0. The Bertz CT molecular complexity index is 1290. The van der Waals surface area contributed by atoms with Gasteiger partial charge in [0.25, 0.3) is 0 Å². The third-order valence-corrected chi connectivity index (χ3v) is 5.53. The summed E-state index contributed by atoms with van der Waals surface area (Å²) in [5, 5.41) is 3.35. The van der Waals surface area contributed by atoms with E-state index in [1.165, 1.54) is 12.1 Å². The lowest BCUT2D eigenvalue weighted by Crippen LogP contribution is -2.19. The summed E-state index contributed by atoms with van der Waals surface area (Å²) in [5.41, 5.74) is 4.74. The second-order valence-electron chi connectivity index (χ2n) is 7.73. The van der Waals surface area contributed by atoms with Gasteiger partial charge in [0.1, 0.15) is 12.4 Å². The van der Waals surface area contributed by atoms with Gasteiger partial charge in [0.15, 0.2) is 11.5 Å². The van der Waals surface area contributed by atoms with Crippen LogP contribution in [-0.2, 0) is 33.8 Å². The van der Waals surface area contributed by atoms with E-state index in [4.69, 9.17) is 9.47 Å². The van der Waals surface area contributed by atoms with Gasteiger partial charge in [-0.2, -0.15) is 0 Å². The molecule has 0 spiro atoms. The predicted octanol–water partition coefficient (Wildman–Crippen LogP) is 3.89. The first-order valence-corrected chi connectivity index (χ1v) is 10.4. The van der Waals surface area contributed by atoms with Gasteiger partial charge in [-0.3, -0.25) is 9.13 Å². The van der Waals surface area contributed by atoms with Crippen LogP contribution in [0.2, 0.25) is 0 Å². The lowest BCUT2D eigenvalue weighted by atomic mass is 10.1. The number of nitrogens with one attached hydrogen (secondary N) is 1. The average Bonchev–Trinajstić information content (AvgIpc) is 3.03. The summed E-state index contributed by atoms with van der Waals surface area (Å²) in [6, 6.07) is 18.1. The van der Waals surface area contributed by atoms with Crippen LogP contribution in [0.5, 0.6) is 11.5 Å². The number of hydrogen-bond acceptors (Lipinski definition) is 4. The molecule has 0 aliphatic heterocycles. The second kappa shape index (κ2) is 9.28. The number of nitrogens with zero attached hydrogens (tertiary/aromatic N) is 2. The maximum atomic E-state index is 13.0. The van der Waals surface area contributed by atoms with Crippen molar-refractivity contribution in [3.63, 3.8) is 0 Å². The molecular formula is C25H26FN3O3. The van der Waals surface area contributed by atoms with Crippen LogP contribution in [0.15, 0.2) is 65.5 Å². The van der Waals surface area contributed by atoms with Gasteiger partial charge in [-0.25, -0.2) is 9.18 Å². The highest BCUT2D eigenvalue weighted by molar-refractivity contribution is 5.76. The van der Waals surface area contributed by atoms with Gasteiger partial charge < -0.3 is 14.8 Å². The lowest BCUT2D eigenvalue weighted by Gasteiger charge is -2.13. The Hall–Kier alpha value is -3.58. The summed E-state index contributed by atoms with van der Waals surface area (Å²) in [7, 11) is 5.15. The minimum absolute atomic E-state index is 0.0524. The largest absolute Gasteiger partial charge is 0.493 e. The Morgan fingerprint density at radius 3 is 2.22 bits per heavy atom. The first kappa shape index (κ1) is 21.6. The minimum Gasteiger partial charge on any atom is -0.493 e. The fourth-order valence-electron chi connectivity index (χ4n) is 3.70. The van der Waals surface area contributed by atoms with Crippen LogP contribution in [0, 0.1) is 5.82 Å². The van der Waals surface area contributed by atoms with Crippen molar-refractivity contribution in [2.45, 2.75) is 19.7 Å². The van der Waals surface area contributed by atoms with Crippen molar-refractivity contribution < 1.29 is 13.9 Å². The molecule has 0 bridgehead atoms. The van der Waals surface area contributed by atoms with Crippen molar-refractivity contribution in [1.29, 1.82) is 0 Å². The highest BCUT2D eigenvalue weighted by atomic mass is 19.1. The van der Waals surface area contributed by atoms with Crippen molar-refractivity contribution in [1.82, 2.24) is 14.5 Å². The van der Waals surface area contributed by atoms with Crippen LogP contribution in [0.25, 0.3) is 11.0 Å². The van der Waals surface area contributed by atoms with E-state index in [1.54, 1.807) is 42.5 Å². The standard InChI is InChI=1S/C25H26FN3O3/c1-28-21-10-6-19(12-22(21)29(2)25(28)30)16-32-23-11-7-18(13-24(23)31-3)15-27-14-17-4-8-20(26)9-5-17/h4-13,27H,14-16H2,1-3H3. The van der Waals surface area contributed by atoms with Crippen LogP contribution >= 0.6 is 0 Å². The van der Waals surface area contributed by atoms with E-state index in [9.17, 15) is 9.18 Å². The number of ether oxygens (including phenoxy) is 2. The zero-order chi connectivity index (χ0) is 22.7. The number of aromatic nitrogens is 2. The number of hydrogen-bond donors (Lipinski definition) is 1. The molecule has 0 saturated carbocycles. The molecule has 7 heteroatoms. The van der Waals surface area contributed by atoms with Crippen molar-refractivity contribution in [3.8, 4) is 11.5 Å². The predicted molar refractivity (Wildman–Crippen MR) is 122 cm³/mol. The van der Waals surface area contributed by atoms with Gasteiger partial charge in [-0.05, 0) is 53.1 Å². The molecule has 1 aromatic heterocycles. The van der Waals surface area contributed by atoms with E-state index in [1.807, 2.05) is 36.4 Å². The first-order chi connectivity index (χ1) is 15.5. The molecule has 0 saturated heterocycles. The van der Waals surface area contributed by atoms with Gasteiger partial charge in [0, 0.05) is 27.2 Å². The molecule has 0 aliphatic rings. The van der Waals surface area contributed by atoms with Crippen molar-refractivity contribution >= 4 is 11.0 Å². The molecular weight excluding hydrogens is 409 g/mol. The Morgan fingerprint density at radius 2 is 1.47 bits per heavy atom. The normalized spacial score (nSPS) is 11.1. The molecule has 3 aromatic carbocycles. The highest BCUT2D eigenvalue weighted by Gasteiger charge is 2.10. The summed E-state index contributed by atoms with van der Waals surface area (Å²) >= 11 is 0. The van der Waals surface area contributed by atoms with Crippen LogP contribution in [0.3, 0.4) is 0 Å². The molecule has 1 heterocycles. The summed E-state index contributed by atoms with van der Waals surface area (Å²) in [5.74, 6) is 1.07.